The molecule has 0 aliphatic rings. The zero-order valence-corrected chi connectivity index (χ0v) is 12.3. The summed E-state index contributed by atoms with van der Waals surface area (Å²) in [5.41, 5.74) is 1.85. The van der Waals surface area contributed by atoms with E-state index in [9.17, 15) is 15.0 Å². The highest BCUT2D eigenvalue weighted by molar-refractivity contribution is 5.88. The highest BCUT2D eigenvalue weighted by Crippen LogP contribution is 2.29. The third kappa shape index (κ3) is 3.60. The van der Waals surface area contributed by atoms with Gasteiger partial charge in [0.25, 0.3) is 0 Å². The molecule has 4 nitrogen and oxygen atoms in total. The minimum absolute atomic E-state index is 0.141. The molecule has 0 bridgehead atoms. The van der Waals surface area contributed by atoms with Gasteiger partial charge in [0.15, 0.2) is 0 Å². The Balaban J connectivity index is 2.21. The first-order valence-corrected chi connectivity index (χ1v) is 7.09. The third-order valence-corrected chi connectivity index (χ3v) is 3.67. The monoisotopic (exact) mass is 287 g/mol. The SMILES string of the molecule is CC(=O)NCCC(O)C(O)c1ccc(C)c2ccccc12. The first-order chi connectivity index (χ1) is 10.0. The van der Waals surface area contributed by atoms with Crippen LogP contribution in [0.2, 0.25) is 0 Å². The molecule has 2 aromatic rings. The van der Waals surface area contributed by atoms with Gasteiger partial charge in [0.05, 0.1) is 6.10 Å². The number of fused-ring (bicyclic) bond motifs is 1. The lowest BCUT2D eigenvalue weighted by Crippen LogP contribution is -2.27. The summed E-state index contributed by atoms with van der Waals surface area (Å²) in [4.78, 5) is 10.8. The maximum Gasteiger partial charge on any atom is 0.216 e. The van der Waals surface area contributed by atoms with Gasteiger partial charge in [-0.1, -0.05) is 36.4 Å². The summed E-state index contributed by atoms with van der Waals surface area (Å²) in [6.45, 7) is 3.79. The van der Waals surface area contributed by atoms with Gasteiger partial charge in [0.2, 0.25) is 5.91 Å². The number of aryl methyl sites for hydroxylation is 1. The zero-order chi connectivity index (χ0) is 15.4. The van der Waals surface area contributed by atoms with E-state index in [1.54, 1.807) is 0 Å². The molecule has 0 spiro atoms. The van der Waals surface area contributed by atoms with E-state index in [0.29, 0.717) is 18.5 Å². The first-order valence-electron chi connectivity index (χ1n) is 7.09. The van der Waals surface area contributed by atoms with Crippen molar-refractivity contribution in [2.24, 2.45) is 0 Å². The zero-order valence-electron chi connectivity index (χ0n) is 12.3. The van der Waals surface area contributed by atoms with E-state index in [2.05, 4.69) is 5.32 Å². The Kier molecular flexibility index (Phi) is 4.94. The topological polar surface area (TPSA) is 69.6 Å². The number of rotatable bonds is 5. The summed E-state index contributed by atoms with van der Waals surface area (Å²) >= 11 is 0. The number of aliphatic hydroxyl groups is 2. The smallest absolute Gasteiger partial charge is 0.216 e. The van der Waals surface area contributed by atoms with E-state index in [4.69, 9.17) is 0 Å². The number of hydrogen-bond donors (Lipinski definition) is 3. The summed E-state index contributed by atoms with van der Waals surface area (Å²) in [5, 5.41) is 25.1. The fourth-order valence-electron chi connectivity index (χ4n) is 2.49. The number of carbonyl (C=O) groups is 1. The Morgan fingerprint density at radius 2 is 1.81 bits per heavy atom. The molecule has 0 aliphatic carbocycles. The van der Waals surface area contributed by atoms with E-state index in [1.807, 2.05) is 43.3 Å². The molecule has 0 fully saturated rings. The van der Waals surface area contributed by atoms with E-state index in [-0.39, 0.29) is 5.91 Å². The van der Waals surface area contributed by atoms with Crippen LogP contribution in [0.1, 0.15) is 30.6 Å². The lowest BCUT2D eigenvalue weighted by Gasteiger charge is -2.20. The Morgan fingerprint density at radius 3 is 2.48 bits per heavy atom. The molecule has 0 saturated heterocycles. The fourth-order valence-corrected chi connectivity index (χ4v) is 2.49. The Bertz CT molecular complexity index is 639. The quantitative estimate of drug-likeness (QED) is 0.788. The highest BCUT2D eigenvalue weighted by atomic mass is 16.3. The summed E-state index contributed by atoms with van der Waals surface area (Å²) < 4.78 is 0. The number of carbonyl (C=O) groups excluding carboxylic acids is 1. The van der Waals surface area contributed by atoms with Gasteiger partial charge in [-0.05, 0) is 35.2 Å². The molecule has 2 rings (SSSR count). The van der Waals surface area contributed by atoms with Crippen LogP contribution in [0.15, 0.2) is 36.4 Å². The number of nitrogens with one attached hydrogen (secondary N) is 1. The summed E-state index contributed by atoms with van der Waals surface area (Å²) in [6, 6.07) is 11.6. The summed E-state index contributed by atoms with van der Waals surface area (Å²) in [7, 11) is 0. The van der Waals surface area contributed by atoms with Crippen molar-refractivity contribution in [3.63, 3.8) is 0 Å². The molecule has 2 aromatic carbocycles. The van der Waals surface area contributed by atoms with Crippen molar-refractivity contribution in [2.45, 2.75) is 32.5 Å². The molecular weight excluding hydrogens is 266 g/mol. The van der Waals surface area contributed by atoms with Gasteiger partial charge in [-0.3, -0.25) is 4.79 Å². The van der Waals surface area contributed by atoms with E-state index in [0.717, 1.165) is 16.3 Å². The molecule has 3 N–H and O–H groups in total. The van der Waals surface area contributed by atoms with Crippen LogP contribution < -0.4 is 5.32 Å². The van der Waals surface area contributed by atoms with Crippen LogP contribution in [0.3, 0.4) is 0 Å². The Hall–Kier alpha value is -1.91. The van der Waals surface area contributed by atoms with Gasteiger partial charge in [0.1, 0.15) is 6.10 Å². The van der Waals surface area contributed by atoms with Crippen LogP contribution in [0, 0.1) is 6.92 Å². The lowest BCUT2D eigenvalue weighted by molar-refractivity contribution is -0.119. The number of amides is 1. The van der Waals surface area contributed by atoms with E-state index in [1.165, 1.54) is 6.92 Å². The van der Waals surface area contributed by atoms with Gasteiger partial charge < -0.3 is 15.5 Å². The van der Waals surface area contributed by atoms with Crippen LogP contribution in [0.4, 0.5) is 0 Å². The van der Waals surface area contributed by atoms with Crippen LogP contribution >= 0.6 is 0 Å². The average molecular weight is 287 g/mol. The second-order valence-electron chi connectivity index (χ2n) is 5.30. The van der Waals surface area contributed by atoms with E-state index >= 15 is 0 Å². The van der Waals surface area contributed by atoms with Gasteiger partial charge in [-0.25, -0.2) is 0 Å². The maximum atomic E-state index is 10.8. The third-order valence-electron chi connectivity index (χ3n) is 3.67. The molecule has 0 radical (unpaired) electrons. The van der Waals surface area contributed by atoms with Crippen LogP contribution in [-0.4, -0.2) is 28.8 Å². The largest absolute Gasteiger partial charge is 0.390 e. The standard InChI is InChI=1S/C17H21NO3/c1-11-7-8-15(14-6-4-3-5-13(11)14)17(21)16(20)9-10-18-12(2)19/h3-8,16-17,20-21H,9-10H2,1-2H3,(H,18,19). The second-order valence-corrected chi connectivity index (χ2v) is 5.30. The fraction of sp³-hybridized carbons (Fsp3) is 0.353. The van der Waals surface area contributed by atoms with Gasteiger partial charge in [-0.15, -0.1) is 0 Å². The van der Waals surface area contributed by atoms with Crippen molar-refractivity contribution in [3.05, 3.63) is 47.5 Å². The molecule has 0 aromatic heterocycles. The molecule has 21 heavy (non-hydrogen) atoms. The van der Waals surface area contributed by atoms with Gasteiger partial charge in [-0.2, -0.15) is 0 Å². The number of hydrogen-bond acceptors (Lipinski definition) is 3. The van der Waals surface area contributed by atoms with Crippen molar-refractivity contribution in [2.75, 3.05) is 6.54 Å². The summed E-state index contributed by atoms with van der Waals surface area (Å²) in [5.74, 6) is -0.141. The molecule has 1 amide bonds. The van der Waals surface area contributed by atoms with Gasteiger partial charge in [0, 0.05) is 13.5 Å². The Morgan fingerprint density at radius 1 is 1.14 bits per heavy atom. The van der Waals surface area contributed by atoms with Crippen molar-refractivity contribution < 1.29 is 15.0 Å². The van der Waals surface area contributed by atoms with Crippen LogP contribution in [-0.2, 0) is 4.79 Å². The van der Waals surface area contributed by atoms with Crippen LogP contribution in [0.25, 0.3) is 10.8 Å². The van der Waals surface area contributed by atoms with Gasteiger partial charge >= 0.3 is 0 Å². The predicted molar refractivity (Wildman–Crippen MR) is 83.0 cm³/mol. The van der Waals surface area contributed by atoms with Crippen molar-refractivity contribution in [3.8, 4) is 0 Å². The minimum Gasteiger partial charge on any atom is -0.390 e. The molecular formula is C17H21NO3. The molecule has 0 heterocycles. The number of aliphatic hydroxyl groups excluding tert-OH is 2. The Labute approximate surface area is 124 Å². The number of benzene rings is 2. The average Bonchev–Trinajstić information content (AvgIpc) is 2.47. The molecule has 2 unspecified atom stereocenters. The van der Waals surface area contributed by atoms with Crippen molar-refractivity contribution in [1.82, 2.24) is 5.32 Å². The molecule has 0 aliphatic heterocycles. The second kappa shape index (κ2) is 6.70. The minimum atomic E-state index is -0.968. The predicted octanol–water partition coefficient (Wildman–Crippen LogP) is 2.07. The molecule has 112 valence electrons. The highest BCUT2D eigenvalue weighted by Gasteiger charge is 2.20. The maximum absolute atomic E-state index is 10.8. The first kappa shape index (κ1) is 15.5. The van der Waals surface area contributed by atoms with Crippen molar-refractivity contribution >= 4 is 16.7 Å². The van der Waals surface area contributed by atoms with Crippen LogP contribution in [0.5, 0.6) is 0 Å². The van der Waals surface area contributed by atoms with E-state index < -0.39 is 12.2 Å². The molecule has 2 atom stereocenters. The summed E-state index contributed by atoms with van der Waals surface area (Å²) in [6.07, 6.45) is -1.57. The normalized spacial score (nSPS) is 13.9. The van der Waals surface area contributed by atoms with Crippen molar-refractivity contribution in [1.29, 1.82) is 0 Å². The lowest BCUT2D eigenvalue weighted by atomic mass is 9.94. The molecule has 0 saturated carbocycles. The molecule has 4 heteroatoms.